The number of piperidine rings is 1. The molecule has 2 heterocycles. The van der Waals surface area contributed by atoms with Crippen LogP contribution < -0.4 is 10.6 Å². The van der Waals surface area contributed by atoms with Gasteiger partial charge in [0.15, 0.2) is 0 Å². The number of benzene rings is 2. The molecule has 0 atom stereocenters. The first-order chi connectivity index (χ1) is 14.2. The molecule has 2 aromatic carbocycles. The first kappa shape index (κ1) is 19.2. The van der Waals surface area contributed by atoms with Crippen LogP contribution in [0.1, 0.15) is 22.5 Å². The molecule has 1 fully saturated rings. The minimum atomic E-state index is -0.0758. The van der Waals surface area contributed by atoms with Crippen molar-refractivity contribution in [3.63, 3.8) is 0 Å². The summed E-state index contributed by atoms with van der Waals surface area (Å²) in [6.45, 7) is 1.23. The Morgan fingerprint density at radius 2 is 1.59 bits per heavy atom. The molecule has 2 amide bonds. The van der Waals surface area contributed by atoms with E-state index in [1.807, 2.05) is 77.0 Å². The lowest BCUT2D eigenvalue weighted by molar-refractivity contribution is -0.121. The zero-order chi connectivity index (χ0) is 20.1. The van der Waals surface area contributed by atoms with Crippen molar-refractivity contribution < 1.29 is 9.59 Å². The summed E-state index contributed by atoms with van der Waals surface area (Å²) in [4.78, 5) is 27.8. The van der Waals surface area contributed by atoms with E-state index in [0.29, 0.717) is 25.9 Å². The van der Waals surface area contributed by atoms with E-state index in [9.17, 15) is 9.59 Å². The third kappa shape index (κ3) is 4.84. The second-order valence-corrected chi connectivity index (χ2v) is 8.05. The zero-order valence-corrected chi connectivity index (χ0v) is 16.8. The Balaban J connectivity index is 1.32. The lowest BCUT2D eigenvalue weighted by atomic mass is 9.95. The molecule has 1 aliphatic rings. The maximum atomic E-state index is 12.7. The van der Waals surface area contributed by atoms with Gasteiger partial charge in [-0.3, -0.25) is 9.59 Å². The van der Waals surface area contributed by atoms with Crippen molar-refractivity contribution in [2.24, 2.45) is 5.92 Å². The molecule has 0 bridgehead atoms. The van der Waals surface area contributed by atoms with E-state index in [1.165, 1.54) is 11.3 Å². The molecule has 2 N–H and O–H groups in total. The summed E-state index contributed by atoms with van der Waals surface area (Å²) < 4.78 is 0. The number of amides is 2. The Morgan fingerprint density at radius 1 is 0.862 bits per heavy atom. The molecule has 6 heteroatoms. The molecule has 1 aliphatic heterocycles. The molecule has 29 heavy (non-hydrogen) atoms. The van der Waals surface area contributed by atoms with Gasteiger partial charge in [-0.05, 0) is 54.6 Å². The number of nitrogens with zero attached hydrogens (tertiary/aromatic N) is 1. The minimum absolute atomic E-state index is 0.0186. The van der Waals surface area contributed by atoms with Gasteiger partial charge >= 0.3 is 0 Å². The van der Waals surface area contributed by atoms with Crippen LogP contribution in [0.25, 0.3) is 0 Å². The monoisotopic (exact) mass is 405 g/mol. The molecule has 0 spiro atoms. The highest BCUT2D eigenvalue weighted by molar-refractivity contribution is 7.12. The maximum Gasteiger partial charge on any atom is 0.263 e. The van der Waals surface area contributed by atoms with Gasteiger partial charge in [0.25, 0.3) is 5.91 Å². The molecule has 0 unspecified atom stereocenters. The molecular weight excluding hydrogens is 382 g/mol. The van der Waals surface area contributed by atoms with Crippen LogP contribution in [-0.4, -0.2) is 29.8 Å². The summed E-state index contributed by atoms with van der Waals surface area (Å²) in [6, 6.07) is 21.4. The van der Waals surface area contributed by atoms with Crippen LogP contribution in [0.3, 0.4) is 0 Å². The first-order valence-corrected chi connectivity index (χ1v) is 10.6. The fourth-order valence-electron chi connectivity index (χ4n) is 3.51. The van der Waals surface area contributed by atoms with Gasteiger partial charge in [0.2, 0.25) is 5.91 Å². The van der Waals surface area contributed by atoms with Crippen molar-refractivity contribution in [3.8, 4) is 0 Å². The number of anilines is 3. The van der Waals surface area contributed by atoms with E-state index in [4.69, 9.17) is 0 Å². The van der Waals surface area contributed by atoms with Crippen molar-refractivity contribution in [1.29, 1.82) is 0 Å². The van der Waals surface area contributed by atoms with Gasteiger partial charge in [-0.2, -0.15) is 0 Å². The molecule has 0 radical (unpaired) electrons. The number of carbonyl (C=O) groups is 2. The SMILES string of the molecule is O=C(Nc1cccc(Nc2ccccc2)c1)C1CCN(C(=O)c2cccs2)CC1. The van der Waals surface area contributed by atoms with E-state index >= 15 is 0 Å². The largest absolute Gasteiger partial charge is 0.355 e. The highest BCUT2D eigenvalue weighted by Gasteiger charge is 2.28. The number of rotatable bonds is 5. The molecular formula is C23H23N3O2S. The fraction of sp³-hybridized carbons (Fsp3) is 0.217. The van der Waals surface area contributed by atoms with Gasteiger partial charge in [0, 0.05) is 36.1 Å². The van der Waals surface area contributed by atoms with E-state index in [2.05, 4.69) is 10.6 Å². The van der Waals surface area contributed by atoms with Gasteiger partial charge in [0.05, 0.1) is 4.88 Å². The number of para-hydroxylation sites is 1. The molecule has 0 saturated carbocycles. The molecule has 3 aromatic rings. The van der Waals surface area contributed by atoms with Crippen LogP contribution in [-0.2, 0) is 4.79 Å². The summed E-state index contributed by atoms with van der Waals surface area (Å²) >= 11 is 1.46. The third-order valence-electron chi connectivity index (χ3n) is 5.08. The summed E-state index contributed by atoms with van der Waals surface area (Å²) in [7, 11) is 0. The Hall–Kier alpha value is -3.12. The molecule has 1 aromatic heterocycles. The van der Waals surface area contributed by atoms with Gasteiger partial charge < -0.3 is 15.5 Å². The third-order valence-corrected chi connectivity index (χ3v) is 5.94. The minimum Gasteiger partial charge on any atom is -0.355 e. The predicted molar refractivity (Wildman–Crippen MR) is 118 cm³/mol. The molecule has 5 nitrogen and oxygen atoms in total. The Bertz CT molecular complexity index is 965. The Kier molecular flexibility index (Phi) is 5.91. The van der Waals surface area contributed by atoms with E-state index in [0.717, 1.165) is 21.9 Å². The number of nitrogens with one attached hydrogen (secondary N) is 2. The average molecular weight is 406 g/mol. The lowest BCUT2D eigenvalue weighted by Crippen LogP contribution is -2.41. The van der Waals surface area contributed by atoms with Gasteiger partial charge in [-0.15, -0.1) is 11.3 Å². The lowest BCUT2D eigenvalue weighted by Gasteiger charge is -2.31. The molecule has 148 valence electrons. The van der Waals surface area contributed by atoms with Crippen LogP contribution in [0.15, 0.2) is 72.1 Å². The molecule has 1 saturated heterocycles. The summed E-state index contributed by atoms with van der Waals surface area (Å²) in [6.07, 6.45) is 1.37. The smallest absolute Gasteiger partial charge is 0.263 e. The highest BCUT2D eigenvalue weighted by Crippen LogP contribution is 2.24. The number of hydrogen-bond acceptors (Lipinski definition) is 4. The summed E-state index contributed by atoms with van der Waals surface area (Å²) in [5.41, 5.74) is 2.69. The summed E-state index contributed by atoms with van der Waals surface area (Å²) in [5.74, 6) is 0.0109. The van der Waals surface area contributed by atoms with Crippen molar-refractivity contribution in [1.82, 2.24) is 4.90 Å². The molecule has 0 aliphatic carbocycles. The van der Waals surface area contributed by atoms with Crippen molar-refractivity contribution in [3.05, 3.63) is 77.0 Å². The average Bonchev–Trinajstić information content (AvgIpc) is 3.29. The van der Waals surface area contributed by atoms with E-state index in [-0.39, 0.29) is 17.7 Å². The Morgan fingerprint density at radius 3 is 2.31 bits per heavy atom. The van der Waals surface area contributed by atoms with E-state index in [1.54, 1.807) is 0 Å². The Labute approximate surface area is 174 Å². The topological polar surface area (TPSA) is 61.4 Å². The van der Waals surface area contributed by atoms with Gasteiger partial charge in [-0.25, -0.2) is 0 Å². The van der Waals surface area contributed by atoms with E-state index < -0.39 is 0 Å². The fourth-order valence-corrected chi connectivity index (χ4v) is 4.20. The second-order valence-electron chi connectivity index (χ2n) is 7.10. The highest BCUT2D eigenvalue weighted by atomic mass is 32.1. The van der Waals surface area contributed by atoms with Crippen LogP contribution in [0.4, 0.5) is 17.1 Å². The van der Waals surface area contributed by atoms with Crippen LogP contribution in [0.5, 0.6) is 0 Å². The number of hydrogen-bond donors (Lipinski definition) is 2. The van der Waals surface area contributed by atoms with Crippen LogP contribution in [0.2, 0.25) is 0 Å². The van der Waals surface area contributed by atoms with Crippen LogP contribution in [0, 0.1) is 5.92 Å². The van der Waals surface area contributed by atoms with Crippen LogP contribution >= 0.6 is 11.3 Å². The number of likely N-dealkylation sites (tertiary alicyclic amines) is 1. The standard InChI is InChI=1S/C23H23N3O2S/c27-22(17-11-13-26(14-12-17)23(28)21-10-5-15-29-21)25-20-9-4-8-19(16-20)24-18-6-2-1-3-7-18/h1-10,15-17,24H,11-14H2,(H,25,27). The number of carbonyl (C=O) groups excluding carboxylic acids is 2. The first-order valence-electron chi connectivity index (χ1n) is 9.75. The number of thiophene rings is 1. The quantitative estimate of drug-likeness (QED) is 0.629. The van der Waals surface area contributed by atoms with Crippen molar-refractivity contribution in [2.45, 2.75) is 12.8 Å². The maximum absolute atomic E-state index is 12.7. The second kappa shape index (κ2) is 8.92. The van der Waals surface area contributed by atoms with Gasteiger partial charge in [-0.1, -0.05) is 30.3 Å². The summed E-state index contributed by atoms with van der Waals surface area (Å²) in [5, 5.41) is 8.27. The predicted octanol–water partition coefficient (Wildman–Crippen LogP) is 4.98. The van der Waals surface area contributed by atoms with Gasteiger partial charge in [0.1, 0.15) is 0 Å². The van der Waals surface area contributed by atoms with Crippen molar-refractivity contribution in [2.75, 3.05) is 23.7 Å². The molecule has 4 rings (SSSR count). The van der Waals surface area contributed by atoms with Crippen molar-refractivity contribution >= 4 is 40.2 Å². The normalized spacial score (nSPS) is 14.4. The zero-order valence-electron chi connectivity index (χ0n) is 16.0.